The van der Waals surface area contributed by atoms with Crippen LogP contribution in [0.25, 0.3) is 0 Å². The molecule has 4 nitrogen and oxygen atoms in total. The van der Waals surface area contributed by atoms with Crippen molar-refractivity contribution in [3.8, 4) is 0 Å². The van der Waals surface area contributed by atoms with Crippen LogP contribution in [0.4, 0.5) is 5.82 Å². The molecule has 0 aliphatic carbocycles. The Morgan fingerprint density at radius 1 is 1.47 bits per heavy atom. The highest BCUT2D eigenvalue weighted by Crippen LogP contribution is 2.17. The van der Waals surface area contributed by atoms with E-state index in [1.54, 1.807) is 17.5 Å². The summed E-state index contributed by atoms with van der Waals surface area (Å²) in [5, 5.41) is 2.05. The summed E-state index contributed by atoms with van der Waals surface area (Å²) in [4.78, 5) is 10.7. The van der Waals surface area contributed by atoms with Gasteiger partial charge in [0.2, 0.25) is 0 Å². The molecule has 17 heavy (non-hydrogen) atoms. The largest absolute Gasteiger partial charge is 0.354 e. The third kappa shape index (κ3) is 3.01. The lowest BCUT2D eigenvalue weighted by Crippen LogP contribution is -2.18. The maximum absolute atomic E-state index is 5.86. The highest BCUT2D eigenvalue weighted by Gasteiger charge is 2.07. The van der Waals surface area contributed by atoms with Crippen LogP contribution in [0.1, 0.15) is 24.2 Å². The van der Waals surface area contributed by atoms with Crippen molar-refractivity contribution in [2.75, 3.05) is 11.9 Å². The fourth-order valence-electron chi connectivity index (χ4n) is 1.57. The molecule has 90 valence electrons. The van der Waals surface area contributed by atoms with E-state index in [0.29, 0.717) is 0 Å². The Morgan fingerprint density at radius 3 is 2.94 bits per heavy atom. The number of nitrogens with two attached hydrogens (primary N) is 1. The van der Waals surface area contributed by atoms with E-state index >= 15 is 0 Å². The molecule has 2 N–H and O–H groups in total. The van der Waals surface area contributed by atoms with Crippen molar-refractivity contribution < 1.29 is 0 Å². The van der Waals surface area contributed by atoms with Crippen molar-refractivity contribution in [1.29, 1.82) is 0 Å². The van der Waals surface area contributed by atoms with E-state index in [0.717, 1.165) is 23.6 Å². The number of rotatable bonds is 4. The number of pyridine rings is 1. The second kappa shape index (κ2) is 5.25. The van der Waals surface area contributed by atoms with E-state index in [4.69, 9.17) is 5.73 Å². The first kappa shape index (κ1) is 12.0. The molecule has 2 rings (SSSR count). The summed E-state index contributed by atoms with van der Waals surface area (Å²) in [6.45, 7) is 2.73. The second-order valence-corrected chi connectivity index (χ2v) is 4.79. The molecule has 0 unspecified atom stereocenters. The minimum Gasteiger partial charge on any atom is -0.354 e. The number of hydrogen-bond donors (Lipinski definition) is 1. The fourth-order valence-corrected chi connectivity index (χ4v) is 2.12. The Labute approximate surface area is 105 Å². The molecule has 0 saturated heterocycles. The Morgan fingerprint density at radius 2 is 2.29 bits per heavy atom. The highest BCUT2D eigenvalue weighted by atomic mass is 32.1. The number of thiazole rings is 1. The molecule has 0 aromatic carbocycles. The van der Waals surface area contributed by atoms with E-state index in [1.165, 1.54) is 0 Å². The first-order chi connectivity index (χ1) is 8.16. The normalized spacial score (nSPS) is 12.4. The minimum atomic E-state index is 0.0319. The molecule has 2 aromatic rings. The van der Waals surface area contributed by atoms with Gasteiger partial charge >= 0.3 is 0 Å². The summed E-state index contributed by atoms with van der Waals surface area (Å²) < 4.78 is 0. The highest BCUT2D eigenvalue weighted by molar-refractivity contribution is 7.07. The zero-order valence-electron chi connectivity index (χ0n) is 10.00. The molecule has 0 aliphatic rings. The van der Waals surface area contributed by atoms with Crippen molar-refractivity contribution in [2.45, 2.75) is 19.5 Å². The molecule has 0 aliphatic heterocycles. The Kier molecular flexibility index (Phi) is 3.71. The van der Waals surface area contributed by atoms with Crippen LogP contribution in [-0.2, 0) is 6.54 Å². The minimum absolute atomic E-state index is 0.0319. The van der Waals surface area contributed by atoms with Crippen molar-refractivity contribution >= 4 is 17.2 Å². The summed E-state index contributed by atoms with van der Waals surface area (Å²) in [5.41, 5.74) is 9.86. The van der Waals surface area contributed by atoms with E-state index < -0.39 is 0 Å². The Balaban J connectivity index is 2.13. The predicted molar refractivity (Wildman–Crippen MR) is 71.1 cm³/mol. The standard InChI is InChI=1S/C12H16N4S/c1-9(13)10-3-4-14-12(5-10)16(2)6-11-7-17-8-15-11/h3-5,7-9H,6,13H2,1-2H3/t9-/m1/s1. The van der Waals surface area contributed by atoms with Crippen molar-refractivity contribution in [2.24, 2.45) is 5.73 Å². The lowest BCUT2D eigenvalue weighted by Gasteiger charge is -2.18. The lowest BCUT2D eigenvalue weighted by atomic mass is 10.1. The zero-order chi connectivity index (χ0) is 12.3. The molecule has 0 fully saturated rings. The van der Waals surface area contributed by atoms with E-state index in [2.05, 4.69) is 14.9 Å². The van der Waals surface area contributed by atoms with Crippen molar-refractivity contribution in [1.82, 2.24) is 9.97 Å². The molecule has 2 aromatic heterocycles. The summed E-state index contributed by atoms with van der Waals surface area (Å²) >= 11 is 1.61. The quantitative estimate of drug-likeness (QED) is 0.901. The van der Waals surface area contributed by atoms with Gasteiger partial charge in [0.15, 0.2) is 0 Å². The smallest absolute Gasteiger partial charge is 0.128 e. The Hall–Kier alpha value is -1.46. The summed E-state index contributed by atoms with van der Waals surface area (Å²) in [5.74, 6) is 0.924. The van der Waals surface area contributed by atoms with Crippen LogP contribution in [0.2, 0.25) is 0 Å². The van der Waals surface area contributed by atoms with Crippen LogP contribution in [-0.4, -0.2) is 17.0 Å². The molecule has 1 atom stereocenters. The summed E-state index contributed by atoms with van der Waals surface area (Å²) in [6, 6.07) is 4.01. The first-order valence-corrected chi connectivity index (χ1v) is 6.41. The van der Waals surface area contributed by atoms with Gasteiger partial charge in [-0.15, -0.1) is 11.3 Å². The topological polar surface area (TPSA) is 55.0 Å². The van der Waals surface area contributed by atoms with Crippen LogP contribution in [0.3, 0.4) is 0 Å². The number of anilines is 1. The predicted octanol–water partition coefficient (Wildman–Crippen LogP) is 2.19. The maximum Gasteiger partial charge on any atom is 0.128 e. The maximum atomic E-state index is 5.86. The average molecular weight is 248 g/mol. The molecule has 5 heteroatoms. The average Bonchev–Trinajstić information content (AvgIpc) is 2.82. The molecule has 0 radical (unpaired) electrons. The van der Waals surface area contributed by atoms with Gasteiger partial charge in [-0.05, 0) is 24.6 Å². The van der Waals surface area contributed by atoms with Gasteiger partial charge < -0.3 is 10.6 Å². The van der Waals surface area contributed by atoms with Crippen LogP contribution in [0.15, 0.2) is 29.2 Å². The van der Waals surface area contributed by atoms with Crippen LogP contribution < -0.4 is 10.6 Å². The molecule has 0 saturated carbocycles. The van der Waals surface area contributed by atoms with Crippen LogP contribution in [0.5, 0.6) is 0 Å². The molecule has 0 spiro atoms. The third-order valence-corrected chi connectivity index (χ3v) is 3.20. The van der Waals surface area contributed by atoms with Gasteiger partial charge in [0.1, 0.15) is 5.82 Å². The second-order valence-electron chi connectivity index (χ2n) is 4.07. The number of hydrogen-bond acceptors (Lipinski definition) is 5. The van der Waals surface area contributed by atoms with E-state index in [1.807, 2.05) is 37.0 Å². The monoisotopic (exact) mass is 248 g/mol. The van der Waals surface area contributed by atoms with Gasteiger partial charge in [-0.2, -0.15) is 0 Å². The Bertz CT molecular complexity index is 467. The summed E-state index contributed by atoms with van der Waals surface area (Å²) in [7, 11) is 2.01. The first-order valence-electron chi connectivity index (χ1n) is 5.46. The van der Waals surface area contributed by atoms with Gasteiger partial charge in [0, 0.05) is 24.7 Å². The van der Waals surface area contributed by atoms with Crippen molar-refractivity contribution in [3.63, 3.8) is 0 Å². The van der Waals surface area contributed by atoms with Crippen LogP contribution >= 0.6 is 11.3 Å². The zero-order valence-corrected chi connectivity index (χ0v) is 10.8. The SMILES string of the molecule is C[C@@H](N)c1ccnc(N(C)Cc2cscn2)c1. The fraction of sp³-hybridized carbons (Fsp3) is 0.333. The van der Waals surface area contributed by atoms with Gasteiger partial charge in [0.25, 0.3) is 0 Å². The van der Waals surface area contributed by atoms with Crippen LogP contribution in [0, 0.1) is 0 Å². The molecular formula is C12H16N4S. The van der Waals surface area contributed by atoms with Gasteiger partial charge in [0.05, 0.1) is 17.7 Å². The van der Waals surface area contributed by atoms with Gasteiger partial charge in [-0.3, -0.25) is 0 Å². The molecule has 0 bridgehead atoms. The lowest BCUT2D eigenvalue weighted by molar-refractivity contribution is 0.807. The van der Waals surface area contributed by atoms with Gasteiger partial charge in [-0.1, -0.05) is 0 Å². The molecule has 0 amide bonds. The van der Waals surface area contributed by atoms with E-state index in [9.17, 15) is 0 Å². The third-order valence-electron chi connectivity index (χ3n) is 2.57. The number of aromatic nitrogens is 2. The molecule has 2 heterocycles. The van der Waals surface area contributed by atoms with Gasteiger partial charge in [-0.25, -0.2) is 9.97 Å². The summed E-state index contributed by atoms with van der Waals surface area (Å²) in [6.07, 6.45) is 1.80. The van der Waals surface area contributed by atoms with E-state index in [-0.39, 0.29) is 6.04 Å². The molecular weight excluding hydrogens is 232 g/mol. The van der Waals surface area contributed by atoms with Crippen molar-refractivity contribution in [3.05, 3.63) is 40.5 Å². The number of nitrogens with zero attached hydrogens (tertiary/aromatic N) is 3.